The van der Waals surface area contributed by atoms with E-state index in [2.05, 4.69) is 10.4 Å². The number of anilines is 1. The van der Waals surface area contributed by atoms with Gasteiger partial charge in [0.25, 0.3) is 0 Å². The third-order valence-electron chi connectivity index (χ3n) is 2.69. The van der Waals surface area contributed by atoms with E-state index in [-0.39, 0.29) is 21.3 Å². The zero-order chi connectivity index (χ0) is 16.8. The molecule has 0 fully saturated rings. The highest BCUT2D eigenvalue weighted by Gasteiger charge is 2.14. The summed E-state index contributed by atoms with van der Waals surface area (Å²) in [4.78, 5) is 23.3. The number of carbonyl (C=O) groups excluding carboxylic acids is 2. The van der Waals surface area contributed by atoms with E-state index >= 15 is 0 Å². The number of para-hydroxylation sites is 1. The van der Waals surface area contributed by atoms with Crippen molar-refractivity contribution in [1.82, 2.24) is 5.43 Å². The molecule has 2 amide bonds. The van der Waals surface area contributed by atoms with E-state index < -0.39 is 17.6 Å². The first-order valence-electron chi connectivity index (χ1n) is 6.32. The van der Waals surface area contributed by atoms with Crippen LogP contribution in [0.2, 0.25) is 10.0 Å². The molecule has 8 heteroatoms. The van der Waals surface area contributed by atoms with Gasteiger partial charge >= 0.3 is 11.8 Å². The summed E-state index contributed by atoms with van der Waals surface area (Å²) in [6.45, 7) is 0. The lowest BCUT2D eigenvalue weighted by molar-refractivity contribution is -0.136. The quantitative estimate of drug-likeness (QED) is 0.505. The summed E-state index contributed by atoms with van der Waals surface area (Å²) in [6, 6.07) is 10.5. The average molecular weight is 354 g/mol. The van der Waals surface area contributed by atoms with Crippen LogP contribution < -0.4 is 10.7 Å². The van der Waals surface area contributed by atoms with Crippen LogP contribution in [0.3, 0.4) is 0 Å². The second kappa shape index (κ2) is 7.71. The Labute approximate surface area is 141 Å². The van der Waals surface area contributed by atoms with Gasteiger partial charge in [0.05, 0.1) is 21.9 Å². The van der Waals surface area contributed by atoms with Crippen LogP contribution in [0.5, 0.6) is 0 Å². The summed E-state index contributed by atoms with van der Waals surface area (Å²) in [7, 11) is 0. The number of hydrogen-bond acceptors (Lipinski definition) is 3. The monoisotopic (exact) mass is 353 g/mol. The molecule has 5 nitrogen and oxygen atoms in total. The van der Waals surface area contributed by atoms with E-state index in [1.165, 1.54) is 24.3 Å². The van der Waals surface area contributed by atoms with E-state index in [0.29, 0.717) is 0 Å². The Hall–Kier alpha value is -2.44. The van der Waals surface area contributed by atoms with Gasteiger partial charge in [0.15, 0.2) is 0 Å². The third-order valence-corrected chi connectivity index (χ3v) is 3.35. The van der Waals surface area contributed by atoms with Gasteiger partial charge in [-0.15, -0.1) is 0 Å². The van der Waals surface area contributed by atoms with Crippen molar-refractivity contribution in [1.29, 1.82) is 0 Å². The largest absolute Gasteiger partial charge is 0.329 e. The highest BCUT2D eigenvalue weighted by molar-refractivity contribution is 6.41. The first-order chi connectivity index (χ1) is 11.0. The molecule has 0 aliphatic carbocycles. The molecule has 0 saturated carbocycles. The Morgan fingerprint density at radius 2 is 1.70 bits per heavy atom. The van der Waals surface area contributed by atoms with Crippen LogP contribution in [0.15, 0.2) is 47.6 Å². The molecule has 118 valence electrons. The van der Waals surface area contributed by atoms with Crippen LogP contribution in [0.4, 0.5) is 10.1 Å². The molecule has 0 radical (unpaired) electrons. The molecule has 0 atom stereocenters. The van der Waals surface area contributed by atoms with Crippen LogP contribution in [0.1, 0.15) is 5.56 Å². The number of halogens is 3. The lowest BCUT2D eigenvalue weighted by Crippen LogP contribution is -2.32. The Bertz CT molecular complexity index is 761. The van der Waals surface area contributed by atoms with E-state index in [9.17, 15) is 14.0 Å². The minimum Gasteiger partial charge on any atom is -0.316 e. The molecule has 0 unspecified atom stereocenters. The van der Waals surface area contributed by atoms with Crippen molar-refractivity contribution in [2.45, 2.75) is 0 Å². The minimum atomic E-state index is -1.03. The first kappa shape index (κ1) is 16.9. The second-order valence-corrected chi connectivity index (χ2v) is 5.08. The molecule has 2 aromatic rings. The zero-order valence-corrected chi connectivity index (χ0v) is 13.0. The maximum atomic E-state index is 13.5. The predicted octanol–water partition coefficient (Wildman–Crippen LogP) is 3.22. The number of nitrogens with one attached hydrogen (secondary N) is 2. The van der Waals surface area contributed by atoms with Gasteiger partial charge in [0, 0.05) is 5.56 Å². The Kier molecular flexibility index (Phi) is 5.67. The van der Waals surface area contributed by atoms with E-state index in [1.54, 1.807) is 18.2 Å². The fourth-order valence-corrected chi connectivity index (χ4v) is 1.98. The average Bonchev–Trinajstić information content (AvgIpc) is 2.52. The number of carbonyl (C=O) groups is 2. The summed E-state index contributed by atoms with van der Waals surface area (Å²) < 4.78 is 13.5. The molecule has 0 bridgehead atoms. The van der Waals surface area contributed by atoms with Gasteiger partial charge in [-0.2, -0.15) is 5.10 Å². The Morgan fingerprint density at radius 3 is 2.39 bits per heavy atom. The number of hydrogen-bond donors (Lipinski definition) is 2. The highest BCUT2D eigenvalue weighted by atomic mass is 35.5. The summed E-state index contributed by atoms with van der Waals surface area (Å²) in [5, 5.41) is 6.25. The first-order valence-corrected chi connectivity index (χ1v) is 7.07. The molecule has 0 heterocycles. The van der Waals surface area contributed by atoms with Crippen LogP contribution >= 0.6 is 23.2 Å². The second-order valence-electron chi connectivity index (χ2n) is 4.27. The van der Waals surface area contributed by atoms with Crippen molar-refractivity contribution in [2.75, 3.05) is 5.32 Å². The molecular formula is C15H10Cl2FN3O2. The molecule has 0 saturated heterocycles. The maximum Gasteiger partial charge on any atom is 0.329 e. The van der Waals surface area contributed by atoms with E-state index in [0.717, 1.165) is 6.21 Å². The van der Waals surface area contributed by atoms with Gasteiger partial charge in [-0.25, -0.2) is 9.82 Å². The Morgan fingerprint density at radius 1 is 1.00 bits per heavy atom. The molecule has 0 aliphatic rings. The molecular weight excluding hydrogens is 344 g/mol. The van der Waals surface area contributed by atoms with Crippen molar-refractivity contribution in [3.05, 3.63) is 63.9 Å². The molecule has 2 aromatic carbocycles. The van der Waals surface area contributed by atoms with Gasteiger partial charge < -0.3 is 5.32 Å². The maximum absolute atomic E-state index is 13.5. The van der Waals surface area contributed by atoms with Crippen LogP contribution in [-0.4, -0.2) is 18.0 Å². The third kappa shape index (κ3) is 4.51. The van der Waals surface area contributed by atoms with Gasteiger partial charge in [0.1, 0.15) is 5.82 Å². The fraction of sp³-hybridized carbons (Fsp3) is 0. The van der Waals surface area contributed by atoms with Gasteiger partial charge in [-0.3, -0.25) is 9.59 Å². The lowest BCUT2D eigenvalue weighted by atomic mass is 10.2. The summed E-state index contributed by atoms with van der Waals surface area (Å²) >= 11 is 11.7. The zero-order valence-electron chi connectivity index (χ0n) is 11.5. The molecule has 2 rings (SSSR count). The highest BCUT2D eigenvalue weighted by Crippen LogP contribution is 2.20. The van der Waals surface area contributed by atoms with E-state index in [4.69, 9.17) is 23.2 Å². The summed E-state index contributed by atoms with van der Waals surface area (Å²) in [5.41, 5.74) is 2.26. The number of hydrazone groups is 1. The number of amides is 2. The Balaban J connectivity index is 1.98. The topological polar surface area (TPSA) is 70.6 Å². The number of rotatable bonds is 3. The van der Waals surface area contributed by atoms with Crippen molar-refractivity contribution in [3.63, 3.8) is 0 Å². The minimum absolute atomic E-state index is 0.000906. The van der Waals surface area contributed by atoms with Crippen LogP contribution in [0.25, 0.3) is 0 Å². The van der Waals surface area contributed by atoms with Gasteiger partial charge in [0.2, 0.25) is 0 Å². The van der Waals surface area contributed by atoms with Crippen molar-refractivity contribution >= 4 is 46.9 Å². The molecule has 0 aromatic heterocycles. The van der Waals surface area contributed by atoms with Crippen LogP contribution in [0, 0.1) is 5.82 Å². The normalized spacial score (nSPS) is 10.6. The van der Waals surface area contributed by atoms with Crippen molar-refractivity contribution < 1.29 is 14.0 Å². The smallest absolute Gasteiger partial charge is 0.316 e. The summed E-state index contributed by atoms with van der Waals surface area (Å²) in [5.74, 6) is -2.60. The molecule has 0 aliphatic heterocycles. The number of nitrogens with zero attached hydrogens (tertiary/aromatic N) is 1. The SMILES string of the molecule is O=C(N/N=C/c1c(F)cccc1Cl)C(=O)Nc1ccccc1Cl. The van der Waals surface area contributed by atoms with Crippen molar-refractivity contribution in [3.8, 4) is 0 Å². The van der Waals surface area contributed by atoms with Crippen molar-refractivity contribution in [2.24, 2.45) is 5.10 Å². The fourth-order valence-electron chi connectivity index (χ4n) is 1.58. The standard InChI is InChI=1S/C15H10Cl2FN3O2/c16-10-5-3-6-12(18)9(10)8-19-21-15(23)14(22)20-13-7-2-1-4-11(13)17/h1-8H,(H,20,22)(H,21,23)/b19-8+. The predicted molar refractivity (Wildman–Crippen MR) is 87.2 cm³/mol. The molecule has 2 N–H and O–H groups in total. The molecule has 23 heavy (non-hydrogen) atoms. The number of benzene rings is 2. The van der Waals surface area contributed by atoms with Crippen LogP contribution in [-0.2, 0) is 9.59 Å². The van der Waals surface area contributed by atoms with E-state index in [1.807, 2.05) is 5.43 Å². The summed E-state index contributed by atoms with van der Waals surface area (Å²) in [6.07, 6.45) is 1.01. The molecule has 0 spiro atoms. The van der Waals surface area contributed by atoms with Gasteiger partial charge in [-0.05, 0) is 24.3 Å². The lowest BCUT2D eigenvalue weighted by Gasteiger charge is -2.05. The van der Waals surface area contributed by atoms with Gasteiger partial charge in [-0.1, -0.05) is 41.4 Å².